The van der Waals surface area contributed by atoms with Crippen LogP contribution < -0.4 is 43.8 Å². The van der Waals surface area contributed by atoms with Crippen LogP contribution in [0.4, 0.5) is 0 Å². The van der Waals surface area contributed by atoms with Gasteiger partial charge in [-0.05, 0) is 26.8 Å². The summed E-state index contributed by atoms with van der Waals surface area (Å²) in [5.74, 6) is -0.809. The fraction of sp³-hybridized carbons (Fsp3) is 0.556. The van der Waals surface area contributed by atoms with Crippen LogP contribution in [0.1, 0.15) is 44.0 Å². The van der Waals surface area contributed by atoms with Crippen molar-refractivity contribution < 1.29 is 71.1 Å². The zero-order valence-electron chi connectivity index (χ0n) is 17.2. The average molecular weight is 440 g/mol. The van der Waals surface area contributed by atoms with Gasteiger partial charge in [0, 0.05) is 12.5 Å². The van der Waals surface area contributed by atoms with Gasteiger partial charge in [-0.15, -0.1) is 0 Å². The number of hydrogen-bond donors (Lipinski definition) is 0. The van der Waals surface area contributed by atoms with E-state index < -0.39 is 28.4 Å². The topological polar surface area (TPSA) is 128 Å². The fourth-order valence-corrected chi connectivity index (χ4v) is 2.54. The standard InChI is InChI=1S/C18H26O9S.Na/c1-4-24-15-12-17(26-6-3)16(25-5-2)11-13(15)14(19)7-8-18(20)27-9-10-28(21,22)23;/h11-12H,4-10H2,1-3H3,(H,21,22,23);/q;+1/p-1. The van der Waals surface area contributed by atoms with Crippen LogP contribution in [0.2, 0.25) is 0 Å². The first-order chi connectivity index (χ1) is 13.2. The van der Waals surface area contributed by atoms with E-state index in [-0.39, 0.29) is 53.7 Å². The number of ketones is 1. The van der Waals surface area contributed by atoms with E-state index in [0.717, 1.165) is 0 Å². The Bertz CT molecular complexity index is 778. The quantitative estimate of drug-likeness (QED) is 0.163. The molecule has 0 saturated heterocycles. The monoisotopic (exact) mass is 440 g/mol. The van der Waals surface area contributed by atoms with Gasteiger partial charge in [-0.3, -0.25) is 9.59 Å². The molecule has 11 heteroatoms. The van der Waals surface area contributed by atoms with Gasteiger partial charge in [-0.2, -0.15) is 0 Å². The molecule has 0 aliphatic heterocycles. The number of ether oxygens (including phenoxy) is 4. The third-order valence-corrected chi connectivity index (χ3v) is 4.07. The number of carbonyl (C=O) groups is 2. The first kappa shape index (κ1) is 27.7. The maximum absolute atomic E-state index is 12.6. The van der Waals surface area contributed by atoms with E-state index in [9.17, 15) is 22.6 Å². The van der Waals surface area contributed by atoms with E-state index in [1.165, 1.54) is 6.07 Å². The molecule has 0 bridgehead atoms. The normalized spacial score (nSPS) is 10.6. The van der Waals surface area contributed by atoms with E-state index in [1.54, 1.807) is 19.9 Å². The molecule has 0 saturated carbocycles. The Balaban J connectivity index is 0.00000784. The molecule has 0 unspecified atom stereocenters. The molecule has 1 aromatic carbocycles. The van der Waals surface area contributed by atoms with Crippen molar-refractivity contribution in [1.82, 2.24) is 0 Å². The van der Waals surface area contributed by atoms with E-state index in [2.05, 4.69) is 4.74 Å². The van der Waals surface area contributed by atoms with Crippen LogP contribution in [-0.2, 0) is 19.6 Å². The first-order valence-corrected chi connectivity index (χ1v) is 10.5. The summed E-state index contributed by atoms with van der Waals surface area (Å²) < 4.78 is 52.6. The Morgan fingerprint density at radius 2 is 1.41 bits per heavy atom. The molecule has 0 aliphatic rings. The van der Waals surface area contributed by atoms with Gasteiger partial charge in [0.25, 0.3) is 0 Å². The molecular formula is C18H25NaO9S. The third-order valence-electron chi connectivity index (χ3n) is 3.40. The second kappa shape index (κ2) is 13.8. The van der Waals surface area contributed by atoms with Crippen LogP contribution in [0.3, 0.4) is 0 Å². The summed E-state index contributed by atoms with van der Waals surface area (Å²) in [6, 6.07) is 3.08. The van der Waals surface area contributed by atoms with Gasteiger partial charge in [0.05, 0.1) is 47.7 Å². The summed E-state index contributed by atoms with van der Waals surface area (Å²) in [6.07, 6.45) is -0.441. The summed E-state index contributed by atoms with van der Waals surface area (Å²) in [4.78, 5) is 24.2. The van der Waals surface area contributed by atoms with Crippen LogP contribution in [0, 0.1) is 0 Å². The number of hydrogen-bond acceptors (Lipinski definition) is 9. The molecule has 0 fully saturated rings. The zero-order chi connectivity index (χ0) is 21.2. The van der Waals surface area contributed by atoms with E-state index in [1.807, 2.05) is 6.92 Å². The zero-order valence-corrected chi connectivity index (χ0v) is 20.0. The minimum atomic E-state index is -4.46. The summed E-state index contributed by atoms with van der Waals surface area (Å²) in [5, 5.41) is 0. The summed E-state index contributed by atoms with van der Waals surface area (Å²) in [6.45, 7) is 5.95. The third kappa shape index (κ3) is 10.3. The van der Waals surface area contributed by atoms with Crippen LogP contribution in [0.15, 0.2) is 12.1 Å². The predicted octanol–water partition coefficient (Wildman–Crippen LogP) is -1.06. The molecule has 0 spiro atoms. The van der Waals surface area contributed by atoms with E-state index in [4.69, 9.17) is 14.2 Å². The number of rotatable bonds is 13. The van der Waals surface area contributed by atoms with Gasteiger partial charge in [-0.1, -0.05) is 0 Å². The maximum Gasteiger partial charge on any atom is 1.00 e. The fourth-order valence-electron chi connectivity index (χ4n) is 2.25. The molecular weight excluding hydrogens is 415 g/mol. The van der Waals surface area contributed by atoms with Crippen LogP contribution in [0.5, 0.6) is 17.2 Å². The molecule has 0 aliphatic carbocycles. The number of Topliss-reactive ketones (excluding diaryl/α,β-unsaturated/α-hetero) is 1. The minimum absolute atomic E-state index is 0. The van der Waals surface area contributed by atoms with E-state index >= 15 is 0 Å². The van der Waals surface area contributed by atoms with Crippen molar-refractivity contribution in [3.8, 4) is 17.2 Å². The Morgan fingerprint density at radius 1 is 0.897 bits per heavy atom. The Morgan fingerprint density at radius 3 is 1.93 bits per heavy atom. The first-order valence-electron chi connectivity index (χ1n) is 8.90. The van der Waals surface area contributed by atoms with Crippen molar-refractivity contribution >= 4 is 21.9 Å². The van der Waals surface area contributed by atoms with Gasteiger partial charge in [0.2, 0.25) is 0 Å². The second-order valence-electron chi connectivity index (χ2n) is 5.50. The largest absolute Gasteiger partial charge is 1.00 e. The van der Waals surface area contributed by atoms with Gasteiger partial charge in [-0.25, -0.2) is 8.42 Å². The molecule has 1 rings (SSSR count). The number of benzene rings is 1. The molecule has 9 nitrogen and oxygen atoms in total. The predicted molar refractivity (Wildman–Crippen MR) is 99.0 cm³/mol. The SMILES string of the molecule is CCOc1cc(OCC)c(C(=O)CCC(=O)OCCS(=O)(=O)[O-])cc1OCC.[Na+]. The Labute approximate surface area is 193 Å². The average Bonchev–Trinajstić information content (AvgIpc) is 2.61. The molecule has 1 aromatic rings. The van der Waals surface area contributed by atoms with Gasteiger partial charge in [0.1, 0.15) is 12.4 Å². The van der Waals surface area contributed by atoms with Crippen molar-refractivity contribution in [3.05, 3.63) is 17.7 Å². The van der Waals surface area contributed by atoms with Gasteiger partial charge < -0.3 is 23.5 Å². The van der Waals surface area contributed by atoms with Gasteiger partial charge in [0.15, 0.2) is 17.3 Å². The molecule has 0 radical (unpaired) electrons. The van der Waals surface area contributed by atoms with E-state index in [0.29, 0.717) is 37.1 Å². The summed E-state index contributed by atoms with van der Waals surface area (Å²) in [5.41, 5.74) is 0.240. The Kier molecular flexibility index (Phi) is 13.2. The summed E-state index contributed by atoms with van der Waals surface area (Å²) >= 11 is 0. The van der Waals surface area contributed by atoms with Gasteiger partial charge >= 0.3 is 35.5 Å². The van der Waals surface area contributed by atoms with Crippen molar-refractivity contribution in [2.75, 3.05) is 32.2 Å². The van der Waals surface area contributed by atoms with Crippen molar-refractivity contribution in [3.63, 3.8) is 0 Å². The second-order valence-corrected chi connectivity index (χ2v) is 7.02. The number of carbonyl (C=O) groups excluding carboxylic acids is 2. The molecule has 0 heterocycles. The molecule has 158 valence electrons. The molecule has 29 heavy (non-hydrogen) atoms. The minimum Gasteiger partial charge on any atom is -0.748 e. The van der Waals surface area contributed by atoms with Crippen molar-refractivity contribution in [2.45, 2.75) is 33.6 Å². The van der Waals surface area contributed by atoms with Crippen molar-refractivity contribution in [2.24, 2.45) is 0 Å². The smallest absolute Gasteiger partial charge is 0.748 e. The number of esters is 1. The van der Waals surface area contributed by atoms with Crippen molar-refractivity contribution in [1.29, 1.82) is 0 Å². The summed E-state index contributed by atoms with van der Waals surface area (Å²) in [7, 11) is -4.46. The maximum atomic E-state index is 12.6. The Hall–Kier alpha value is -1.33. The molecule has 0 aromatic heterocycles. The van der Waals surface area contributed by atoms with Crippen LogP contribution >= 0.6 is 0 Å². The molecule has 0 atom stereocenters. The molecule has 0 amide bonds. The van der Waals surface area contributed by atoms with Crippen LogP contribution in [-0.4, -0.2) is 56.9 Å². The molecule has 0 N–H and O–H groups in total. The van der Waals surface area contributed by atoms with Crippen LogP contribution in [0.25, 0.3) is 0 Å².